The van der Waals surface area contributed by atoms with Crippen LogP contribution in [0.4, 0.5) is 0 Å². The SMILES string of the molecule is COC(=O)C(C(C)C)C(O)c1ccc(OC)c(OC)c1. The highest BCUT2D eigenvalue weighted by Crippen LogP contribution is 2.34. The number of aliphatic hydroxyl groups excluding tert-OH is 1. The molecule has 1 aromatic rings. The van der Waals surface area contributed by atoms with Crippen molar-refractivity contribution in [2.24, 2.45) is 11.8 Å². The fourth-order valence-electron chi connectivity index (χ4n) is 2.15. The fraction of sp³-hybridized carbons (Fsp3) is 0.533. The van der Waals surface area contributed by atoms with Gasteiger partial charge in [0.2, 0.25) is 0 Å². The molecule has 0 aliphatic rings. The maximum atomic E-state index is 11.8. The zero-order valence-electron chi connectivity index (χ0n) is 12.5. The maximum Gasteiger partial charge on any atom is 0.311 e. The lowest BCUT2D eigenvalue weighted by atomic mass is 9.86. The van der Waals surface area contributed by atoms with Gasteiger partial charge in [-0.25, -0.2) is 0 Å². The van der Waals surface area contributed by atoms with Crippen molar-refractivity contribution in [3.63, 3.8) is 0 Å². The number of ether oxygens (including phenoxy) is 3. The van der Waals surface area contributed by atoms with Crippen LogP contribution in [-0.2, 0) is 9.53 Å². The summed E-state index contributed by atoms with van der Waals surface area (Å²) in [4.78, 5) is 11.8. The second kappa shape index (κ2) is 7.14. The molecule has 0 saturated carbocycles. The summed E-state index contributed by atoms with van der Waals surface area (Å²) in [6, 6.07) is 5.08. The van der Waals surface area contributed by atoms with Crippen LogP contribution in [0.25, 0.3) is 0 Å². The van der Waals surface area contributed by atoms with Gasteiger partial charge in [0.25, 0.3) is 0 Å². The summed E-state index contributed by atoms with van der Waals surface area (Å²) in [6.45, 7) is 3.73. The lowest BCUT2D eigenvalue weighted by molar-refractivity contribution is -0.152. The zero-order valence-corrected chi connectivity index (χ0v) is 12.5. The fourth-order valence-corrected chi connectivity index (χ4v) is 2.15. The van der Waals surface area contributed by atoms with E-state index in [-0.39, 0.29) is 5.92 Å². The van der Waals surface area contributed by atoms with Crippen LogP contribution in [0.15, 0.2) is 18.2 Å². The summed E-state index contributed by atoms with van der Waals surface area (Å²) >= 11 is 0. The van der Waals surface area contributed by atoms with Crippen molar-refractivity contribution < 1.29 is 24.1 Å². The molecule has 2 atom stereocenters. The molecule has 20 heavy (non-hydrogen) atoms. The highest BCUT2D eigenvalue weighted by atomic mass is 16.5. The van der Waals surface area contributed by atoms with Crippen molar-refractivity contribution in [1.82, 2.24) is 0 Å². The molecule has 0 heterocycles. The van der Waals surface area contributed by atoms with E-state index in [4.69, 9.17) is 14.2 Å². The van der Waals surface area contributed by atoms with Crippen molar-refractivity contribution in [3.8, 4) is 11.5 Å². The predicted molar refractivity (Wildman–Crippen MR) is 74.8 cm³/mol. The molecule has 5 heteroatoms. The summed E-state index contributed by atoms with van der Waals surface area (Å²) in [5.74, 6) is -0.0232. The van der Waals surface area contributed by atoms with Crippen molar-refractivity contribution in [2.45, 2.75) is 20.0 Å². The molecule has 0 bridgehead atoms. The normalized spacial score (nSPS) is 13.8. The zero-order chi connectivity index (χ0) is 15.3. The van der Waals surface area contributed by atoms with Gasteiger partial charge in [0.05, 0.1) is 33.4 Å². The largest absolute Gasteiger partial charge is 0.493 e. The monoisotopic (exact) mass is 282 g/mol. The summed E-state index contributed by atoms with van der Waals surface area (Å²) < 4.78 is 15.1. The van der Waals surface area contributed by atoms with Crippen molar-refractivity contribution in [3.05, 3.63) is 23.8 Å². The Hall–Kier alpha value is -1.75. The molecule has 0 aliphatic heterocycles. The first kappa shape index (κ1) is 16.3. The Labute approximate surface area is 119 Å². The Morgan fingerprint density at radius 1 is 1.10 bits per heavy atom. The van der Waals surface area contributed by atoms with Crippen molar-refractivity contribution in [2.75, 3.05) is 21.3 Å². The second-order valence-electron chi connectivity index (χ2n) is 4.85. The average molecular weight is 282 g/mol. The predicted octanol–water partition coefficient (Wildman–Crippen LogP) is 2.18. The molecule has 0 spiro atoms. The molecule has 112 valence electrons. The van der Waals surface area contributed by atoms with Gasteiger partial charge in [0.1, 0.15) is 0 Å². The first-order valence-corrected chi connectivity index (χ1v) is 6.44. The molecule has 1 N–H and O–H groups in total. The third-order valence-electron chi connectivity index (χ3n) is 3.28. The van der Waals surface area contributed by atoms with Crippen LogP contribution in [0.1, 0.15) is 25.5 Å². The van der Waals surface area contributed by atoms with E-state index in [2.05, 4.69) is 0 Å². The number of benzene rings is 1. The molecule has 0 aliphatic carbocycles. The molecule has 0 aromatic heterocycles. The Bertz CT molecular complexity index is 456. The molecular formula is C15H22O5. The van der Waals surface area contributed by atoms with Crippen LogP contribution in [0, 0.1) is 11.8 Å². The lowest BCUT2D eigenvalue weighted by Crippen LogP contribution is -2.28. The van der Waals surface area contributed by atoms with Crippen molar-refractivity contribution in [1.29, 1.82) is 0 Å². The first-order chi connectivity index (χ1) is 9.46. The average Bonchev–Trinajstić information content (AvgIpc) is 2.45. The molecule has 0 radical (unpaired) electrons. The van der Waals surface area contributed by atoms with E-state index in [0.29, 0.717) is 17.1 Å². The minimum atomic E-state index is -0.956. The van der Waals surface area contributed by atoms with E-state index in [1.807, 2.05) is 13.8 Å². The summed E-state index contributed by atoms with van der Waals surface area (Å²) in [5, 5.41) is 10.4. The maximum absolute atomic E-state index is 11.8. The molecule has 0 fully saturated rings. The number of methoxy groups -OCH3 is 3. The number of esters is 1. The third-order valence-corrected chi connectivity index (χ3v) is 3.28. The van der Waals surface area contributed by atoms with Gasteiger partial charge in [-0.1, -0.05) is 19.9 Å². The minimum absolute atomic E-state index is 0.0504. The Balaban J connectivity index is 3.12. The number of hydrogen-bond acceptors (Lipinski definition) is 5. The first-order valence-electron chi connectivity index (χ1n) is 6.44. The number of rotatable bonds is 6. The van der Waals surface area contributed by atoms with Crippen molar-refractivity contribution >= 4 is 5.97 Å². The molecule has 1 aromatic carbocycles. The van der Waals surface area contributed by atoms with Gasteiger partial charge in [-0.15, -0.1) is 0 Å². The van der Waals surface area contributed by atoms with E-state index in [9.17, 15) is 9.90 Å². The topological polar surface area (TPSA) is 65.0 Å². The Morgan fingerprint density at radius 2 is 1.70 bits per heavy atom. The van der Waals surface area contributed by atoms with Gasteiger partial charge < -0.3 is 19.3 Å². The molecule has 2 unspecified atom stereocenters. The van der Waals surface area contributed by atoms with E-state index in [0.717, 1.165) is 0 Å². The standard InChI is InChI=1S/C15H22O5/c1-9(2)13(15(17)20-5)14(16)10-6-7-11(18-3)12(8-10)19-4/h6-9,13-14,16H,1-5H3. The second-order valence-corrected chi connectivity index (χ2v) is 4.85. The molecular weight excluding hydrogens is 260 g/mol. The number of hydrogen-bond donors (Lipinski definition) is 1. The Kier molecular flexibility index (Phi) is 5.82. The summed E-state index contributed by atoms with van der Waals surface area (Å²) in [5.41, 5.74) is 0.590. The summed E-state index contributed by atoms with van der Waals surface area (Å²) in [6.07, 6.45) is -0.956. The molecule has 0 amide bonds. The van der Waals surface area contributed by atoms with E-state index < -0.39 is 18.0 Å². The van der Waals surface area contributed by atoms with E-state index in [1.54, 1.807) is 25.3 Å². The minimum Gasteiger partial charge on any atom is -0.493 e. The van der Waals surface area contributed by atoms with Crippen LogP contribution in [-0.4, -0.2) is 32.4 Å². The molecule has 1 rings (SSSR count). The van der Waals surface area contributed by atoms with Gasteiger partial charge in [-0.2, -0.15) is 0 Å². The van der Waals surface area contributed by atoms with Crippen LogP contribution in [0.3, 0.4) is 0 Å². The number of carbonyl (C=O) groups excluding carboxylic acids is 1. The van der Waals surface area contributed by atoms with E-state index in [1.165, 1.54) is 14.2 Å². The van der Waals surface area contributed by atoms with Gasteiger partial charge >= 0.3 is 5.97 Å². The molecule has 0 saturated heterocycles. The quantitative estimate of drug-likeness (QED) is 0.810. The van der Waals surface area contributed by atoms with Crippen LogP contribution >= 0.6 is 0 Å². The molecule has 5 nitrogen and oxygen atoms in total. The Morgan fingerprint density at radius 3 is 2.15 bits per heavy atom. The van der Waals surface area contributed by atoms with Gasteiger partial charge in [-0.05, 0) is 23.6 Å². The van der Waals surface area contributed by atoms with Gasteiger partial charge in [-0.3, -0.25) is 4.79 Å². The highest BCUT2D eigenvalue weighted by Gasteiger charge is 2.32. The van der Waals surface area contributed by atoms with Gasteiger partial charge in [0, 0.05) is 0 Å². The van der Waals surface area contributed by atoms with Crippen LogP contribution < -0.4 is 9.47 Å². The van der Waals surface area contributed by atoms with Gasteiger partial charge in [0.15, 0.2) is 11.5 Å². The number of carbonyl (C=O) groups is 1. The third kappa shape index (κ3) is 3.42. The number of aliphatic hydroxyl groups is 1. The van der Waals surface area contributed by atoms with E-state index >= 15 is 0 Å². The highest BCUT2D eigenvalue weighted by molar-refractivity contribution is 5.73. The lowest BCUT2D eigenvalue weighted by Gasteiger charge is -2.24. The van der Waals surface area contributed by atoms with Crippen LogP contribution in [0.2, 0.25) is 0 Å². The summed E-state index contributed by atoms with van der Waals surface area (Å²) in [7, 11) is 4.38. The van der Waals surface area contributed by atoms with Crippen LogP contribution in [0.5, 0.6) is 11.5 Å². The smallest absolute Gasteiger partial charge is 0.311 e.